The summed E-state index contributed by atoms with van der Waals surface area (Å²) in [5, 5.41) is 4.11. The quantitative estimate of drug-likeness (QED) is 0.839. The molecule has 3 heteroatoms. The maximum atomic E-state index is 5.95. The topological polar surface area (TPSA) is 12.0 Å². The van der Waals surface area contributed by atoms with E-state index in [4.69, 9.17) is 11.6 Å². The summed E-state index contributed by atoms with van der Waals surface area (Å²) in [4.78, 5) is 0. The van der Waals surface area contributed by atoms with Crippen molar-refractivity contribution in [2.24, 2.45) is 0 Å². The van der Waals surface area contributed by atoms with Gasteiger partial charge >= 0.3 is 0 Å². The monoisotopic (exact) mass is 309 g/mol. The Labute approximate surface area is 115 Å². The smallest absolute Gasteiger partial charge is 0.0549 e. The third-order valence-electron chi connectivity index (χ3n) is 2.66. The molecule has 2 aromatic carbocycles. The Kier molecular flexibility index (Phi) is 4.08. The molecule has 0 heterocycles. The number of hydrogen-bond acceptors (Lipinski definition) is 1. The molecule has 1 N–H and O–H groups in total. The van der Waals surface area contributed by atoms with Crippen molar-refractivity contribution < 1.29 is 0 Å². The Hall–Kier alpha value is -0.990. The maximum absolute atomic E-state index is 5.95. The van der Waals surface area contributed by atoms with E-state index in [2.05, 4.69) is 52.4 Å². The summed E-state index contributed by atoms with van der Waals surface area (Å²) in [7, 11) is 0. The van der Waals surface area contributed by atoms with E-state index < -0.39 is 0 Å². The van der Waals surface area contributed by atoms with Gasteiger partial charge in [0.15, 0.2) is 0 Å². The van der Waals surface area contributed by atoms with Crippen molar-refractivity contribution in [3.63, 3.8) is 0 Å². The molecule has 0 amide bonds. The first-order chi connectivity index (χ1) is 8.16. The molecule has 0 radical (unpaired) electrons. The van der Waals surface area contributed by atoms with E-state index in [0.29, 0.717) is 0 Å². The third-order valence-corrected chi connectivity index (χ3v) is 3.88. The van der Waals surface area contributed by atoms with Crippen LogP contribution < -0.4 is 5.32 Å². The number of anilines is 1. The summed E-state index contributed by atoms with van der Waals surface area (Å²) < 4.78 is 0.911. The molecular weight excluding hydrogens is 298 g/mol. The van der Waals surface area contributed by atoms with Gasteiger partial charge in [-0.2, -0.15) is 0 Å². The minimum atomic E-state index is 0.728. The highest BCUT2D eigenvalue weighted by Gasteiger charge is 2.00. The molecule has 0 fully saturated rings. The van der Waals surface area contributed by atoms with Gasteiger partial charge in [-0.25, -0.2) is 0 Å². The molecule has 0 saturated heterocycles. The summed E-state index contributed by atoms with van der Waals surface area (Å²) in [5.41, 5.74) is 3.66. The average molecular weight is 311 g/mol. The van der Waals surface area contributed by atoms with E-state index in [1.165, 1.54) is 11.1 Å². The lowest BCUT2D eigenvalue weighted by Gasteiger charge is -2.09. The Morgan fingerprint density at radius 3 is 2.65 bits per heavy atom. The molecule has 88 valence electrons. The Morgan fingerprint density at radius 1 is 1.18 bits per heavy atom. The van der Waals surface area contributed by atoms with Crippen LogP contribution in [0.2, 0.25) is 5.02 Å². The van der Waals surface area contributed by atoms with Crippen LogP contribution in [0.5, 0.6) is 0 Å². The first-order valence-corrected chi connectivity index (χ1v) is 6.57. The van der Waals surface area contributed by atoms with Crippen molar-refractivity contribution in [3.05, 3.63) is 63.1 Å². The third kappa shape index (κ3) is 3.24. The van der Waals surface area contributed by atoms with Crippen LogP contribution in [-0.4, -0.2) is 0 Å². The van der Waals surface area contributed by atoms with Crippen molar-refractivity contribution in [1.29, 1.82) is 0 Å². The van der Waals surface area contributed by atoms with Crippen LogP contribution in [0, 0.1) is 6.92 Å². The zero-order valence-electron chi connectivity index (χ0n) is 9.50. The molecule has 0 atom stereocenters. The Balaban J connectivity index is 2.08. The van der Waals surface area contributed by atoms with Crippen molar-refractivity contribution >= 4 is 33.2 Å². The van der Waals surface area contributed by atoms with E-state index in [0.717, 1.165) is 21.7 Å². The molecule has 0 unspecified atom stereocenters. The van der Waals surface area contributed by atoms with Gasteiger partial charge in [-0.3, -0.25) is 0 Å². The number of hydrogen-bond donors (Lipinski definition) is 1. The van der Waals surface area contributed by atoms with E-state index in [9.17, 15) is 0 Å². The normalized spacial score (nSPS) is 10.3. The molecule has 17 heavy (non-hydrogen) atoms. The average Bonchev–Trinajstić information content (AvgIpc) is 2.32. The predicted molar refractivity (Wildman–Crippen MR) is 77.7 cm³/mol. The van der Waals surface area contributed by atoms with Crippen molar-refractivity contribution in [2.75, 3.05) is 5.32 Å². The lowest BCUT2D eigenvalue weighted by atomic mass is 10.1. The van der Waals surface area contributed by atoms with Gasteiger partial charge in [-0.1, -0.05) is 35.9 Å². The van der Waals surface area contributed by atoms with Crippen LogP contribution >= 0.6 is 27.5 Å². The standard InChI is InChI=1S/C14H13BrClN/c1-10-4-2-3-5-11(10)9-17-12-6-7-14(16)13(15)8-12/h2-8,17H,9H2,1H3. The first-order valence-electron chi connectivity index (χ1n) is 5.40. The van der Waals surface area contributed by atoms with E-state index in [-0.39, 0.29) is 0 Å². The second kappa shape index (κ2) is 5.56. The first kappa shape index (κ1) is 12.5. The number of aryl methyl sites for hydroxylation is 1. The van der Waals surface area contributed by atoms with Gasteiger partial charge < -0.3 is 5.32 Å². The maximum Gasteiger partial charge on any atom is 0.0549 e. The van der Waals surface area contributed by atoms with Crippen molar-refractivity contribution in [2.45, 2.75) is 13.5 Å². The molecule has 0 aliphatic rings. The SMILES string of the molecule is Cc1ccccc1CNc1ccc(Cl)c(Br)c1. The van der Waals surface area contributed by atoms with Crippen LogP contribution in [0.3, 0.4) is 0 Å². The van der Waals surface area contributed by atoms with Gasteiger partial charge in [-0.15, -0.1) is 0 Å². The largest absolute Gasteiger partial charge is 0.381 e. The molecule has 0 bridgehead atoms. The van der Waals surface area contributed by atoms with Crippen LogP contribution in [0.25, 0.3) is 0 Å². The molecule has 2 rings (SSSR count). The van der Waals surface area contributed by atoms with E-state index in [1.807, 2.05) is 18.2 Å². The van der Waals surface area contributed by atoms with Gasteiger partial charge in [0, 0.05) is 16.7 Å². The summed E-state index contributed by atoms with van der Waals surface area (Å²) in [5.74, 6) is 0. The molecule has 0 saturated carbocycles. The molecule has 0 aliphatic carbocycles. The molecule has 0 aliphatic heterocycles. The molecular formula is C14H13BrClN. The highest BCUT2D eigenvalue weighted by atomic mass is 79.9. The minimum Gasteiger partial charge on any atom is -0.381 e. The zero-order valence-corrected chi connectivity index (χ0v) is 11.8. The fourth-order valence-electron chi connectivity index (χ4n) is 1.61. The molecule has 0 spiro atoms. The summed E-state index contributed by atoms with van der Waals surface area (Å²) >= 11 is 9.36. The zero-order chi connectivity index (χ0) is 12.3. The molecule has 2 aromatic rings. The van der Waals surface area contributed by atoms with Crippen LogP contribution in [-0.2, 0) is 6.54 Å². The highest BCUT2D eigenvalue weighted by molar-refractivity contribution is 9.10. The Bertz CT molecular complexity index is 525. The van der Waals surface area contributed by atoms with Gasteiger partial charge in [0.1, 0.15) is 0 Å². The Morgan fingerprint density at radius 2 is 1.94 bits per heavy atom. The van der Waals surface area contributed by atoms with Gasteiger partial charge in [0.05, 0.1) is 5.02 Å². The minimum absolute atomic E-state index is 0.728. The summed E-state index contributed by atoms with van der Waals surface area (Å²) in [6.45, 7) is 2.94. The number of benzene rings is 2. The van der Waals surface area contributed by atoms with Gasteiger partial charge in [0.2, 0.25) is 0 Å². The molecule has 1 nitrogen and oxygen atoms in total. The fraction of sp³-hybridized carbons (Fsp3) is 0.143. The van der Waals surface area contributed by atoms with Crippen molar-refractivity contribution in [3.8, 4) is 0 Å². The fourth-order valence-corrected chi connectivity index (χ4v) is 2.11. The lowest BCUT2D eigenvalue weighted by molar-refractivity contribution is 1.12. The summed E-state index contributed by atoms with van der Waals surface area (Å²) in [6.07, 6.45) is 0. The second-order valence-electron chi connectivity index (χ2n) is 3.91. The van der Waals surface area contributed by atoms with E-state index in [1.54, 1.807) is 0 Å². The predicted octanol–water partition coefficient (Wildman–Crippen LogP) is 5.02. The molecule has 0 aromatic heterocycles. The van der Waals surface area contributed by atoms with Crippen molar-refractivity contribution in [1.82, 2.24) is 0 Å². The number of rotatable bonds is 3. The number of halogens is 2. The highest BCUT2D eigenvalue weighted by Crippen LogP contribution is 2.25. The number of nitrogens with one attached hydrogen (secondary N) is 1. The van der Waals surface area contributed by atoms with Crippen LogP contribution in [0.1, 0.15) is 11.1 Å². The van der Waals surface area contributed by atoms with Gasteiger partial charge in [0.25, 0.3) is 0 Å². The van der Waals surface area contributed by atoms with E-state index >= 15 is 0 Å². The lowest BCUT2D eigenvalue weighted by Crippen LogP contribution is -2.00. The summed E-state index contributed by atoms with van der Waals surface area (Å²) in [6, 6.07) is 14.2. The second-order valence-corrected chi connectivity index (χ2v) is 5.17. The van der Waals surface area contributed by atoms with Crippen LogP contribution in [0.4, 0.5) is 5.69 Å². The van der Waals surface area contributed by atoms with Crippen LogP contribution in [0.15, 0.2) is 46.9 Å². The van der Waals surface area contributed by atoms with Gasteiger partial charge in [-0.05, 0) is 52.2 Å².